The number of likely N-dealkylation sites (tertiary alicyclic amines) is 1. The summed E-state index contributed by atoms with van der Waals surface area (Å²) in [5.74, 6) is -2.43. The third-order valence-electron chi connectivity index (χ3n) is 8.65. The molecule has 1 spiro atoms. The zero-order valence-corrected chi connectivity index (χ0v) is 23.3. The van der Waals surface area contributed by atoms with Crippen molar-refractivity contribution in [3.63, 3.8) is 0 Å². The number of aliphatic hydroxyl groups excluding tert-OH is 1. The zero-order valence-electron chi connectivity index (χ0n) is 23.3. The molecule has 0 aliphatic carbocycles. The van der Waals surface area contributed by atoms with Gasteiger partial charge in [-0.05, 0) is 44.9 Å². The van der Waals surface area contributed by atoms with Gasteiger partial charge in [-0.3, -0.25) is 14.4 Å². The highest BCUT2D eigenvalue weighted by Gasteiger charge is 2.79. The zero-order chi connectivity index (χ0) is 27.5. The number of hydrogen-bond acceptors (Lipinski definition) is 6. The van der Waals surface area contributed by atoms with Gasteiger partial charge in [0.25, 0.3) is 0 Å². The van der Waals surface area contributed by atoms with E-state index >= 15 is 0 Å². The van der Waals surface area contributed by atoms with Crippen LogP contribution in [0, 0.1) is 17.8 Å². The van der Waals surface area contributed by atoms with Crippen LogP contribution in [0.5, 0.6) is 0 Å². The van der Waals surface area contributed by atoms with Crippen molar-refractivity contribution in [2.24, 2.45) is 17.8 Å². The van der Waals surface area contributed by atoms with E-state index in [1.807, 2.05) is 27.7 Å². The maximum absolute atomic E-state index is 14.5. The summed E-state index contributed by atoms with van der Waals surface area (Å²) in [7, 11) is 0. The standard InChI is InChI=1S/C29H46N2O6/c1-8-12-20(7)30(15-9-2)26(34)24-29-14-13-28(11-4,37-29)23(27(35)36-16-10-3)22(29)25(33)31(24)21(18-32)17-19(5)6/h9-10,19-24,32H,2-3,8,11-18H2,1,4-7H3/t20?,21-,22+,23+,24?,28-,29?/m1/s1. The lowest BCUT2D eigenvalue weighted by Gasteiger charge is -2.41. The molecule has 8 heteroatoms. The first-order valence-electron chi connectivity index (χ1n) is 13.9. The van der Waals surface area contributed by atoms with Crippen molar-refractivity contribution in [1.82, 2.24) is 9.80 Å². The number of carbonyl (C=O) groups excluding carboxylic acids is 3. The fraction of sp³-hybridized carbons (Fsp3) is 0.759. The monoisotopic (exact) mass is 518 g/mol. The van der Waals surface area contributed by atoms with Gasteiger partial charge in [-0.25, -0.2) is 0 Å². The Balaban J connectivity index is 2.16. The largest absolute Gasteiger partial charge is 0.461 e. The van der Waals surface area contributed by atoms with Crippen LogP contribution in [0.15, 0.2) is 25.3 Å². The lowest BCUT2D eigenvalue weighted by molar-refractivity contribution is -0.163. The normalized spacial score (nSPS) is 31.8. The highest BCUT2D eigenvalue weighted by Crippen LogP contribution is 2.65. The molecule has 0 aromatic rings. The molecule has 2 amide bonds. The third-order valence-corrected chi connectivity index (χ3v) is 8.65. The molecule has 3 saturated heterocycles. The van der Waals surface area contributed by atoms with Crippen molar-refractivity contribution < 1.29 is 29.0 Å². The Labute approximate surface area is 222 Å². The van der Waals surface area contributed by atoms with E-state index in [-0.39, 0.29) is 37.0 Å². The smallest absolute Gasteiger partial charge is 0.313 e. The molecule has 3 fully saturated rings. The molecule has 2 bridgehead atoms. The summed E-state index contributed by atoms with van der Waals surface area (Å²) in [6.45, 7) is 17.7. The van der Waals surface area contributed by atoms with Gasteiger partial charge in [0.15, 0.2) is 0 Å². The number of carbonyl (C=O) groups is 3. The fourth-order valence-corrected chi connectivity index (χ4v) is 7.10. The number of nitrogens with zero attached hydrogens (tertiary/aromatic N) is 2. The fourth-order valence-electron chi connectivity index (χ4n) is 7.10. The maximum Gasteiger partial charge on any atom is 0.313 e. The van der Waals surface area contributed by atoms with Crippen LogP contribution in [0.3, 0.4) is 0 Å². The van der Waals surface area contributed by atoms with Crippen molar-refractivity contribution in [1.29, 1.82) is 0 Å². The van der Waals surface area contributed by atoms with Gasteiger partial charge in [0, 0.05) is 12.6 Å². The summed E-state index contributed by atoms with van der Waals surface area (Å²) in [5.41, 5.74) is -1.99. The Kier molecular flexibility index (Phi) is 9.27. The number of amides is 2. The van der Waals surface area contributed by atoms with Crippen LogP contribution in [-0.2, 0) is 23.9 Å². The summed E-state index contributed by atoms with van der Waals surface area (Å²) in [6, 6.07) is -1.54. The minimum atomic E-state index is -1.14. The Bertz CT molecular complexity index is 890. The predicted molar refractivity (Wildman–Crippen MR) is 141 cm³/mol. The molecular formula is C29H46N2O6. The minimum absolute atomic E-state index is 0.0450. The number of hydrogen-bond donors (Lipinski definition) is 1. The molecule has 3 unspecified atom stereocenters. The van der Waals surface area contributed by atoms with Crippen molar-refractivity contribution in [3.8, 4) is 0 Å². The highest BCUT2D eigenvalue weighted by molar-refractivity contribution is 5.99. The second kappa shape index (κ2) is 11.7. The lowest BCUT2D eigenvalue weighted by atomic mass is 9.65. The van der Waals surface area contributed by atoms with Crippen molar-refractivity contribution in [2.75, 3.05) is 19.8 Å². The Morgan fingerprint density at radius 1 is 1.24 bits per heavy atom. The summed E-state index contributed by atoms with van der Waals surface area (Å²) >= 11 is 0. The third kappa shape index (κ3) is 4.87. The topological polar surface area (TPSA) is 96.4 Å². The number of esters is 1. The van der Waals surface area contributed by atoms with Gasteiger partial charge in [0.1, 0.15) is 24.2 Å². The molecule has 37 heavy (non-hydrogen) atoms. The van der Waals surface area contributed by atoms with Gasteiger partial charge in [0.05, 0.1) is 24.2 Å². The summed E-state index contributed by atoms with van der Waals surface area (Å²) in [6.07, 6.45) is 7.05. The molecule has 3 aliphatic heterocycles. The van der Waals surface area contributed by atoms with Crippen LogP contribution >= 0.6 is 0 Å². The molecule has 0 aromatic carbocycles. The number of rotatable bonds is 14. The maximum atomic E-state index is 14.5. The number of fused-ring (bicyclic) bond motifs is 1. The van der Waals surface area contributed by atoms with Gasteiger partial charge in [0.2, 0.25) is 11.8 Å². The molecule has 3 aliphatic rings. The average Bonchev–Trinajstić information content (AvgIpc) is 3.47. The first-order chi connectivity index (χ1) is 17.6. The van der Waals surface area contributed by atoms with Crippen LogP contribution in [-0.4, -0.2) is 81.8 Å². The van der Waals surface area contributed by atoms with Gasteiger partial charge < -0.3 is 24.4 Å². The van der Waals surface area contributed by atoms with Crippen molar-refractivity contribution in [2.45, 2.75) is 102 Å². The van der Waals surface area contributed by atoms with Gasteiger partial charge in [-0.1, -0.05) is 52.8 Å². The summed E-state index contributed by atoms with van der Waals surface area (Å²) < 4.78 is 12.3. The summed E-state index contributed by atoms with van der Waals surface area (Å²) in [5, 5.41) is 10.4. The number of aliphatic hydroxyl groups is 1. The van der Waals surface area contributed by atoms with Crippen LogP contribution in [0.2, 0.25) is 0 Å². The van der Waals surface area contributed by atoms with E-state index in [1.165, 1.54) is 6.08 Å². The quantitative estimate of drug-likeness (QED) is 0.279. The van der Waals surface area contributed by atoms with E-state index in [2.05, 4.69) is 20.1 Å². The van der Waals surface area contributed by atoms with E-state index < -0.39 is 41.1 Å². The Hall–Kier alpha value is -2.19. The molecule has 8 nitrogen and oxygen atoms in total. The Morgan fingerprint density at radius 3 is 2.49 bits per heavy atom. The van der Waals surface area contributed by atoms with Crippen molar-refractivity contribution in [3.05, 3.63) is 25.3 Å². The second-order valence-electron chi connectivity index (χ2n) is 11.4. The minimum Gasteiger partial charge on any atom is -0.461 e. The van der Waals surface area contributed by atoms with E-state index in [0.29, 0.717) is 32.2 Å². The molecular weight excluding hydrogens is 472 g/mol. The lowest BCUT2D eigenvalue weighted by Crippen LogP contribution is -2.60. The SMILES string of the molecule is C=CCOC(=O)[C@@H]1[C@H]2C(=O)N([C@@H](CO)CC(C)C)C(C(=O)N(CC=C)C(C)CCC)C23CC[C@@]1(CC)O3. The van der Waals surface area contributed by atoms with Gasteiger partial charge >= 0.3 is 5.97 Å². The summed E-state index contributed by atoms with van der Waals surface area (Å²) in [4.78, 5) is 45.5. The van der Waals surface area contributed by atoms with Gasteiger partial charge in [-0.2, -0.15) is 0 Å². The van der Waals surface area contributed by atoms with Crippen LogP contribution in [0.1, 0.15) is 73.1 Å². The predicted octanol–water partition coefficient (Wildman–Crippen LogP) is 3.48. The average molecular weight is 519 g/mol. The van der Waals surface area contributed by atoms with Crippen molar-refractivity contribution >= 4 is 17.8 Å². The molecule has 3 heterocycles. The van der Waals surface area contributed by atoms with Crippen LogP contribution in [0.25, 0.3) is 0 Å². The number of ether oxygens (including phenoxy) is 2. The molecule has 3 rings (SSSR count). The van der Waals surface area contributed by atoms with Crippen LogP contribution < -0.4 is 0 Å². The second-order valence-corrected chi connectivity index (χ2v) is 11.4. The highest BCUT2D eigenvalue weighted by atomic mass is 16.6. The molecule has 1 N–H and O–H groups in total. The molecule has 0 radical (unpaired) electrons. The Morgan fingerprint density at radius 2 is 1.95 bits per heavy atom. The molecule has 0 saturated carbocycles. The first kappa shape index (κ1) is 29.4. The molecule has 7 atom stereocenters. The van der Waals surface area contributed by atoms with E-state index in [1.54, 1.807) is 15.9 Å². The molecule has 0 aromatic heterocycles. The first-order valence-corrected chi connectivity index (χ1v) is 13.9. The van der Waals surface area contributed by atoms with Crippen LogP contribution in [0.4, 0.5) is 0 Å². The van der Waals surface area contributed by atoms with E-state index in [4.69, 9.17) is 9.47 Å². The van der Waals surface area contributed by atoms with E-state index in [0.717, 1.165) is 12.8 Å². The van der Waals surface area contributed by atoms with E-state index in [9.17, 15) is 19.5 Å². The molecule has 208 valence electrons. The van der Waals surface area contributed by atoms with Gasteiger partial charge in [-0.15, -0.1) is 6.58 Å².